The number of amides is 2. The van der Waals surface area contributed by atoms with Crippen LogP contribution in [0.4, 0.5) is 0 Å². The van der Waals surface area contributed by atoms with Crippen LogP contribution in [-0.2, 0) is 4.79 Å². The molecule has 0 bridgehead atoms. The van der Waals surface area contributed by atoms with Crippen LogP contribution in [0.15, 0.2) is 24.3 Å². The molecule has 0 unspecified atom stereocenters. The van der Waals surface area contributed by atoms with Gasteiger partial charge in [0, 0.05) is 26.1 Å². The molecule has 1 fully saturated rings. The lowest BCUT2D eigenvalue weighted by Gasteiger charge is -2.20. The number of nitrogens with one attached hydrogen (secondary N) is 1. The van der Waals surface area contributed by atoms with E-state index in [0.29, 0.717) is 30.9 Å². The van der Waals surface area contributed by atoms with Crippen LogP contribution < -0.4 is 5.32 Å². The molecule has 1 aliphatic rings. The van der Waals surface area contributed by atoms with Gasteiger partial charge in [-0.3, -0.25) is 9.59 Å². The maximum absolute atomic E-state index is 12.4. The number of carbonyl (C=O) groups is 2. The lowest BCUT2D eigenvalue weighted by atomic mass is 10.2. The number of rotatable bonds is 5. The van der Waals surface area contributed by atoms with Crippen molar-refractivity contribution in [1.82, 2.24) is 25.2 Å². The Morgan fingerprint density at radius 2 is 2.08 bits per heavy atom. The van der Waals surface area contributed by atoms with Gasteiger partial charge in [0.25, 0.3) is 5.91 Å². The fraction of sp³-hybridized carbons (Fsp3) is 0.474. The Morgan fingerprint density at radius 3 is 2.88 bits per heavy atom. The Morgan fingerprint density at radius 1 is 1.23 bits per heavy atom. The van der Waals surface area contributed by atoms with Crippen LogP contribution in [0.2, 0.25) is 0 Å². The molecule has 138 valence electrons. The average Bonchev–Trinajstić information content (AvgIpc) is 2.89. The summed E-state index contributed by atoms with van der Waals surface area (Å²) in [5.41, 5.74) is 3.00. The fourth-order valence-electron chi connectivity index (χ4n) is 3.21. The lowest BCUT2D eigenvalue weighted by molar-refractivity contribution is -0.130. The molecule has 3 rings (SSSR count). The highest BCUT2D eigenvalue weighted by molar-refractivity contribution is 5.93. The molecule has 1 aromatic carbocycles. The Hall–Kier alpha value is -2.70. The second-order valence-corrected chi connectivity index (χ2v) is 6.72. The van der Waals surface area contributed by atoms with Gasteiger partial charge in [0.05, 0.1) is 11.4 Å². The van der Waals surface area contributed by atoms with Gasteiger partial charge in [0.2, 0.25) is 5.91 Å². The standard InChI is InChI=1S/C19H25N5O2/c1-14-7-6-8-16(13-14)24-15(2)18(21-22-24)19(26)20-10-12-23-11-5-3-4-9-17(23)25/h6-8,13H,3-5,9-12H2,1-2H3,(H,20,26). The highest BCUT2D eigenvalue weighted by atomic mass is 16.2. The lowest BCUT2D eigenvalue weighted by Crippen LogP contribution is -2.38. The van der Waals surface area contributed by atoms with Crippen molar-refractivity contribution in [2.45, 2.75) is 39.5 Å². The molecule has 1 saturated heterocycles. The van der Waals surface area contributed by atoms with E-state index in [1.54, 1.807) is 4.68 Å². The van der Waals surface area contributed by atoms with Gasteiger partial charge in [-0.25, -0.2) is 4.68 Å². The first kappa shape index (κ1) is 18.1. The number of likely N-dealkylation sites (tertiary alicyclic amines) is 1. The van der Waals surface area contributed by atoms with Crippen molar-refractivity contribution in [2.24, 2.45) is 0 Å². The smallest absolute Gasteiger partial charge is 0.273 e. The van der Waals surface area contributed by atoms with Crippen molar-refractivity contribution in [3.63, 3.8) is 0 Å². The normalized spacial score (nSPS) is 15.0. The fourth-order valence-corrected chi connectivity index (χ4v) is 3.21. The van der Waals surface area contributed by atoms with Gasteiger partial charge in [-0.15, -0.1) is 5.10 Å². The second-order valence-electron chi connectivity index (χ2n) is 6.72. The van der Waals surface area contributed by atoms with E-state index in [0.717, 1.165) is 37.1 Å². The summed E-state index contributed by atoms with van der Waals surface area (Å²) in [6, 6.07) is 7.88. The zero-order chi connectivity index (χ0) is 18.5. The molecule has 1 aliphatic heterocycles. The van der Waals surface area contributed by atoms with E-state index in [2.05, 4.69) is 15.6 Å². The zero-order valence-electron chi connectivity index (χ0n) is 15.4. The third-order valence-electron chi connectivity index (χ3n) is 4.69. The van der Waals surface area contributed by atoms with Crippen LogP contribution in [0.1, 0.15) is 47.4 Å². The minimum absolute atomic E-state index is 0.179. The first-order valence-electron chi connectivity index (χ1n) is 9.11. The van der Waals surface area contributed by atoms with Crippen LogP contribution in [0, 0.1) is 13.8 Å². The predicted octanol–water partition coefficient (Wildman–Crippen LogP) is 2.02. The maximum Gasteiger partial charge on any atom is 0.273 e. The number of nitrogens with zero attached hydrogens (tertiary/aromatic N) is 4. The highest BCUT2D eigenvalue weighted by Crippen LogP contribution is 2.14. The molecular formula is C19H25N5O2. The Bertz CT molecular complexity index is 799. The van der Waals surface area contributed by atoms with Crippen LogP contribution in [0.5, 0.6) is 0 Å². The number of aryl methyl sites for hydroxylation is 1. The number of carbonyl (C=O) groups excluding carboxylic acids is 2. The van der Waals surface area contributed by atoms with E-state index in [9.17, 15) is 9.59 Å². The van der Waals surface area contributed by atoms with Gasteiger partial charge in [-0.05, 0) is 44.4 Å². The van der Waals surface area contributed by atoms with Crippen LogP contribution in [-0.4, -0.2) is 51.3 Å². The topological polar surface area (TPSA) is 80.1 Å². The zero-order valence-corrected chi connectivity index (χ0v) is 15.4. The van der Waals surface area contributed by atoms with Gasteiger partial charge in [-0.2, -0.15) is 0 Å². The van der Waals surface area contributed by atoms with Gasteiger partial charge in [0.15, 0.2) is 5.69 Å². The highest BCUT2D eigenvalue weighted by Gasteiger charge is 2.19. The van der Waals surface area contributed by atoms with Crippen molar-refractivity contribution < 1.29 is 9.59 Å². The summed E-state index contributed by atoms with van der Waals surface area (Å²) in [5, 5.41) is 11.0. The Balaban J connectivity index is 1.61. The van der Waals surface area contributed by atoms with E-state index in [1.807, 2.05) is 43.0 Å². The molecule has 26 heavy (non-hydrogen) atoms. The molecule has 0 saturated carbocycles. The summed E-state index contributed by atoms with van der Waals surface area (Å²) in [4.78, 5) is 26.3. The summed E-state index contributed by atoms with van der Waals surface area (Å²) in [6.45, 7) is 5.57. The Labute approximate surface area is 153 Å². The molecule has 7 heteroatoms. The van der Waals surface area contributed by atoms with E-state index < -0.39 is 0 Å². The summed E-state index contributed by atoms with van der Waals surface area (Å²) in [5.74, 6) is -0.0815. The van der Waals surface area contributed by atoms with Crippen molar-refractivity contribution in [3.05, 3.63) is 41.2 Å². The predicted molar refractivity (Wildman–Crippen MR) is 98.2 cm³/mol. The van der Waals surface area contributed by atoms with Gasteiger partial charge >= 0.3 is 0 Å². The van der Waals surface area contributed by atoms with Crippen molar-refractivity contribution in [3.8, 4) is 5.69 Å². The summed E-state index contributed by atoms with van der Waals surface area (Å²) < 4.78 is 1.67. The molecule has 0 spiro atoms. The second kappa shape index (κ2) is 8.12. The summed E-state index contributed by atoms with van der Waals surface area (Å²) in [7, 11) is 0. The van der Waals surface area contributed by atoms with Crippen molar-refractivity contribution in [2.75, 3.05) is 19.6 Å². The first-order chi connectivity index (χ1) is 12.6. The molecule has 0 atom stereocenters. The number of aromatic nitrogens is 3. The molecule has 1 aromatic heterocycles. The van der Waals surface area contributed by atoms with E-state index in [1.165, 1.54) is 0 Å². The molecule has 2 amide bonds. The third kappa shape index (κ3) is 4.09. The monoisotopic (exact) mass is 355 g/mol. The largest absolute Gasteiger partial charge is 0.349 e. The van der Waals surface area contributed by atoms with E-state index >= 15 is 0 Å². The SMILES string of the molecule is Cc1cccc(-n2nnc(C(=O)NCCN3CCCCCC3=O)c2C)c1. The van der Waals surface area contributed by atoms with E-state index in [4.69, 9.17) is 0 Å². The molecule has 0 aliphatic carbocycles. The average molecular weight is 355 g/mol. The van der Waals surface area contributed by atoms with Gasteiger partial charge in [-0.1, -0.05) is 23.8 Å². The number of hydrogen-bond donors (Lipinski definition) is 1. The summed E-state index contributed by atoms with van der Waals surface area (Å²) in [6.07, 6.45) is 3.69. The quantitative estimate of drug-likeness (QED) is 0.890. The van der Waals surface area contributed by atoms with Gasteiger partial charge < -0.3 is 10.2 Å². The minimum atomic E-state index is -0.260. The van der Waals surface area contributed by atoms with Gasteiger partial charge in [0.1, 0.15) is 0 Å². The first-order valence-corrected chi connectivity index (χ1v) is 9.11. The number of benzene rings is 1. The van der Waals surface area contributed by atoms with Crippen LogP contribution in [0.3, 0.4) is 0 Å². The van der Waals surface area contributed by atoms with Crippen molar-refractivity contribution in [1.29, 1.82) is 0 Å². The molecule has 7 nitrogen and oxygen atoms in total. The Kier molecular flexibility index (Phi) is 5.65. The van der Waals surface area contributed by atoms with Crippen LogP contribution in [0.25, 0.3) is 5.69 Å². The minimum Gasteiger partial charge on any atom is -0.349 e. The number of hydrogen-bond acceptors (Lipinski definition) is 4. The van der Waals surface area contributed by atoms with Crippen molar-refractivity contribution >= 4 is 11.8 Å². The molecular weight excluding hydrogens is 330 g/mol. The molecule has 2 aromatic rings. The third-order valence-corrected chi connectivity index (χ3v) is 4.69. The molecule has 1 N–H and O–H groups in total. The van der Waals surface area contributed by atoms with E-state index in [-0.39, 0.29) is 11.8 Å². The molecule has 2 heterocycles. The maximum atomic E-state index is 12.4. The summed E-state index contributed by atoms with van der Waals surface area (Å²) >= 11 is 0. The van der Waals surface area contributed by atoms with Crippen LogP contribution >= 0.6 is 0 Å². The molecule has 0 radical (unpaired) electrons.